The van der Waals surface area contributed by atoms with E-state index in [1.54, 1.807) is 29.2 Å². The van der Waals surface area contributed by atoms with E-state index in [1.807, 2.05) is 42.5 Å². The number of carbonyl (C=O) groups is 2. The number of carbonyl (C=O) groups excluding carboxylic acids is 1. The number of thiocarbonyl (C=S) groups is 1. The molecule has 0 aliphatic carbocycles. The number of nitrogens with zero attached hydrogens (tertiary/aromatic N) is 1. The Kier molecular flexibility index (Phi) is 5.92. The average molecular weight is 452 g/mol. The number of hydrogen-bond acceptors (Lipinski definition) is 6. The first-order valence-electron chi connectivity index (χ1n) is 9.26. The fourth-order valence-electron chi connectivity index (χ4n) is 3.26. The highest BCUT2D eigenvalue weighted by Gasteiger charge is 2.34. The predicted octanol–water partition coefficient (Wildman–Crippen LogP) is 4.72. The molecule has 0 saturated carbocycles. The second-order valence-corrected chi connectivity index (χ2v) is 8.28. The number of carboxylic acids is 1. The Morgan fingerprint density at radius 3 is 2.68 bits per heavy atom. The SMILES string of the molecule is COc1cc(/C=C2\SC(=S)N(c3cccc4ccccc34)C2=O)ccc1OCC(=O)O. The van der Waals surface area contributed by atoms with Crippen LogP contribution >= 0.6 is 24.0 Å². The summed E-state index contributed by atoms with van der Waals surface area (Å²) in [4.78, 5) is 26.0. The molecule has 0 atom stereocenters. The molecule has 31 heavy (non-hydrogen) atoms. The number of ether oxygens (including phenoxy) is 2. The molecule has 1 fully saturated rings. The summed E-state index contributed by atoms with van der Waals surface area (Å²) in [5.41, 5.74) is 1.46. The van der Waals surface area contributed by atoms with Crippen LogP contribution in [0.2, 0.25) is 0 Å². The van der Waals surface area contributed by atoms with Crippen molar-refractivity contribution in [2.24, 2.45) is 0 Å². The molecule has 0 bridgehead atoms. The van der Waals surface area contributed by atoms with Crippen molar-refractivity contribution in [2.75, 3.05) is 18.6 Å². The largest absolute Gasteiger partial charge is 0.493 e. The first-order chi connectivity index (χ1) is 15.0. The molecule has 1 N–H and O–H groups in total. The quantitative estimate of drug-likeness (QED) is 0.429. The van der Waals surface area contributed by atoms with Gasteiger partial charge in [-0.1, -0.05) is 66.4 Å². The maximum Gasteiger partial charge on any atom is 0.341 e. The van der Waals surface area contributed by atoms with Gasteiger partial charge >= 0.3 is 5.97 Å². The summed E-state index contributed by atoms with van der Waals surface area (Å²) < 4.78 is 11.0. The van der Waals surface area contributed by atoms with Gasteiger partial charge in [0.15, 0.2) is 22.4 Å². The fourth-order valence-corrected chi connectivity index (χ4v) is 4.55. The van der Waals surface area contributed by atoms with E-state index in [2.05, 4.69) is 0 Å². The maximum atomic E-state index is 13.2. The van der Waals surface area contributed by atoms with Gasteiger partial charge in [0.1, 0.15) is 0 Å². The van der Waals surface area contributed by atoms with E-state index < -0.39 is 12.6 Å². The molecule has 1 aliphatic rings. The minimum atomic E-state index is -1.08. The van der Waals surface area contributed by atoms with Gasteiger partial charge in [-0.15, -0.1) is 0 Å². The Hall–Kier alpha value is -3.36. The van der Waals surface area contributed by atoms with Crippen LogP contribution in [0.15, 0.2) is 65.6 Å². The van der Waals surface area contributed by atoms with Crippen molar-refractivity contribution in [3.8, 4) is 11.5 Å². The molecule has 3 aromatic rings. The van der Waals surface area contributed by atoms with Gasteiger partial charge in [0.2, 0.25) is 0 Å². The number of rotatable bonds is 6. The Morgan fingerprint density at radius 2 is 1.90 bits per heavy atom. The summed E-state index contributed by atoms with van der Waals surface area (Å²) >= 11 is 6.74. The predicted molar refractivity (Wildman–Crippen MR) is 126 cm³/mol. The second kappa shape index (κ2) is 8.79. The van der Waals surface area contributed by atoms with Crippen molar-refractivity contribution in [2.45, 2.75) is 0 Å². The lowest BCUT2D eigenvalue weighted by molar-refractivity contribution is -0.139. The van der Waals surface area contributed by atoms with Crippen molar-refractivity contribution in [3.05, 3.63) is 71.1 Å². The molecule has 1 aliphatic heterocycles. The topological polar surface area (TPSA) is 76.1 Å². The zero-order chi connectivity index (χ0) is 22.0. The van der Waals surface area contributed by atoms with Crippen LogP contribution in [0.3, 0.4) is 0 Å². The zero-order valence-corrected chi connectivity index (χ0v) is 18.0. The average Bonchev–Trinajstić information content (AvgIpc) is 3.04. The third-order valence-electron chi connectivity index (χ3n) is 4.64. The van der Waals surface area contributed by atoms with E-state index in [0.29, 0.717) is 26.3 Å². The van der Waals surface area contributed by atoms with Gasteiger partial charge in [-0.25, -0.2) is 4.79 Å². The van der Waals surface area contributed by atoms with Crippen LogP contribution in [0.1, 0.15) is 5.56 Å². The molecular weight excluding hydrogens is 434 g/mol. The lowest BCUT2D eigenvalue weighted by Gasteiger charge is -2.17. The fraction of sp³-hybridized carbons (Fsp3) is 0.0870. The third kappa shape index (κ3) is 4.26. The third-order valence-corrected chi connectivity index (χ3v) is 5.94. The Labute approximate surface area is 188 Å². The molecule has 1 saturated heterocycles. The van der Waals surface area contributed by atoms with E-state index in [4.69, 9.17) is 26.8 Å². The van der Waals surface area contributed by atoms with Gasteiger partial charge in [0.05, 0.1) is 17.7 Å². The molecule has 4 rings (SSSR count). The van der Waals surface area contributed by atoms with Crippen LogP contribution in [0.4, 0.5) is 5.69 Å². The van der Waals surface area contributed by atoms with Crippen LogP contribution in [0, 0.1) is 0 Å². The Morgan fingerprint density at radius 1 is 1.13 bits per heavy atom. The minimum Gasteiger partial charge on any atom is -0.493 e. The molecule has 0 unspecified atom stereocenters. The normalized spacial score (nSPS) is 15.0. The summed E-state index contributed by atoms with van der Waals surface area (Å²) in [6, 6.07) is 18.6. The molecule has 0 radical (unpaired) electrons. The highest BCUT2D eigenvalue weighted by atomic mass is 32.2. The maximum absolute atomic E-state index is 13.2. The van der Waals surface area contributed by atoms with E-state index >= 15 is 0 Å². The number of aliphatic carboxylic acids is 1. The lowest BCUT2D eigenvalue weighted by Crippen LogP contribution is -2.27. The van der Waals surface area contributed by atoms with Gasteiger partial charge < -0.3 is 14.6 Å². The lowest BCUT2D eigenvalue weighted by atomic mass is 10.1. The number of thioether (sulfide) groups is 1. The number of carboxylic acid groups (broad SMARTS) is 1. The number of amides is 1. The first kappa shape index (κ1) is 20.9. The van der Waals surface area contributed by atoms with Crippen LogP contribution in [0.5, 0.6) is 11.5 Å². The molecule has 156 valence electrons. The Balaban J connectivity index is 1.65. The number of hydrogen-bond donors (Lipinski definition) is 1. The van der Waals surface area contributed by atoms with E-state index in [1.165, 1.54) is 18.9 Å². The highest BCUT2D eigenvalue weighted by molar-refractivity contribution is 8.27. The van der Waals surface area contributed by atoms with Gasteiger partial charge in [-0.05, 0) is 35.2 Å². The van der Waals surface area contributed by atoms with Crippen molar-refractivity contribution in [1.29, 1.82) is 0 Å². The van der Waals surface area contributed by atoms with Crippen molar-refractivity contribution < 1.29 is 24.2 Å². The van der Waals surface area contributed by atoms with Gasteiger partial charge in [-0.3, -0.25) is 9.69 Å². The van der Waals surface area contributed by atoms with E-state index in [0.717, 1.165) is 16.5 Å². The smallest absolute Gasteiger partial charge is 0.341 e. The van der Waals surface area contributed by atoms with E-state index in [-0.39, 0.29) is 5.91 Å². The second-order valence-electron chi connectivity index (χ2n) is 6.61. The van der Waals surface area contributed by atoms with Gasteiger partial charge in [-0.2, -0.15) is 0 Å². The van der Waals surface area contributed by atoms with Crippen molar-refractivity contribution >= 4 is 62.7 Å². The molecule has 1 heterocycles. The number of anilines is 1. The molecule has 0 spiro atoms. The first-order valence-corrected chi connectivity index (χ1v) is 10.5. The van der Waals surface area contributed by atoms with Crippen LogP contribution < -0.4 is 14.4 Å². The van der Waals surface area contributed by atoms with Crippen molar-refractivity contribution in [1.82, 2.24) is 0 Å². The molecule has 0 aromatic heterocycles. The van der Waals surface area contributed by atoms with Crippen LogP contribution in [-0.2, 0) is 9.59 Å². The van der Waals surface area contributed by atoms with Crippen LogP contribution in [0.25, 0.3) is 16.8 Å². The number of methoxy groups -OCH3 is 1. The molecule has 3 aromatic carbocycles. The number of benzene rings is 3. The van der Waals surface area contributed by atoms with E-state index in [9.17, 15) is 9.59 Å². The Bertz CT molecular complexity index is 1230. The molecule has 1 amide bonds. The summed E-state index contributed by atoms with van der Waals surface area (Å²) in [5, 5.41) is 10.8. The summed E-state index contributed by atoms with van der Waals surface area (Å²) in [6.45, 7) is -0.473. The number of fused-ring (bicyclic) bond motifs is 1. The van der Waals surface area contributed by atoms with Crippen LogP contribution in [-0.4, -0.2) is 35.0 Å². The van der Waals surface area contributed by atoms with Gasteiger partial charge in [0, 0.05) is 5.39 Å². The summed E-state index contributed by atoms with van der Waals surface area (Å²) in [7, 11) is 1.47. The van der Waals surface area contributed by atoms with Crippen molar-refractivity contribution in [3.63, 3.8) is 0 Å². The molecule has 8 heteroatoms. The minimum absolute atomic E-state index is 0.198. The van der Waals surface area contributed by atoms with Gasteiger partial charge in [0.25, 0.3) is 5.91 Å². The summed E-state index contributed by atoms with van der Waals surface area (Å²) in [6.07, 6.45) is 1.73. The molecule has 6 nitrogen and oxygen atoms in total. The monoisotopic (exact) mass is 451 g/mol. The highest BCUT2D eigenvalue weighted by Crippen LogP contribution is 2.39. The summed E-state index contributed by atoms with van der Waals surface area (Å²) in [5.74, 6) is -0.593. The molecular formula is C23H17NO5S2. The standard InChI is InChI=1S/C23H17NO5S2/c1-28-19-11-14(9-10-18(19)29-13-21(25)26)12-20-22(27)24(23(30)31-20)17-8-4-6-15-5-2-3-7-16(15)17/h2-12H,13H2,1H3,(H,25,26)/b20-12-. The zero-order valence-electron chi connectivity index (χ0n) is 16.4.